The number of carboxylic acid groups (broad SMARTS) is 1. The lowest BCUT2D eigenvalue weighted by molar-refractivity contribution is -0.143. The van der Waals surface area contributed by atoms with Crippen molar-refractivity contribution in [1.82, 2.24) is 10.6 Å². The number of hydrogen-bond donors (Lipinski definition) is 3. The van der Waals surface area contributed by atoms with E-state index in [0.717, 1.165) is 36.4 Å². The minimum absolute atomic E-state index is 0.0292. The number of halogens is 5. The third-order valence-corrected chi connectivity index (χ3v) is 5.74. The second-order valence-corrected chi connectivity index (χ2v) is 8.28. The van der Waals surface area contributed by atoms with Crippen LogP contribution in [-0.2, 0) is 11.0 Å². The summed E-state index contributed by atoms with van der Waals surface area (Å²) in [5.74, 6) is -5.55. The van der Waals surface area contributed by atoms with Crippen LogP contribution in [-0.4, -0.2) is 42.1 Å². The van der Waals surface area contributed by atoms with Crippen LogP contribution in [0, 0.1) is 17.6 Å². The van der Waals surface area contributed by atoms with E-state index in [1.54, 1.807) is 0 Å². The summed E-state index contributed by atoms with van der Waals surface area (Å²) in [6.45, 7) is -0.343. The van der Waals surface area contributed by atoms with E-state index in [1.165, 1.54) is 0 Å². The second kappa shape index (κ2) is 11.4. The number of carbonyl (C=O) groups is 3. The van der Waals surface area contributed by atoms with Crippen LogP contribution in [0.2, 0.25) is 0 Å². The van der Waals surface area contributed by atoms with Crippen molar-refractivity contribution in [3.8, 4) is 5.75 Å². The van der Waals surface area contributed by atoms with Gasteiger partial charge in [-0.3, -0.25) is 14.4 Å². The van der Waals surface area contributed by atoms with Crippen molar-refractivity contribution in [3.63, 3.8) is 0 Å². The van der Waals surface area contributed by atoms with E-state index in [0.29, 0.717) is 25.7 Å². The molecule has 1 saturated carbocycles. The third-order valence-electron chi connectivity index (χ3n) is 5.74. The SMILES string of the molecule is O=C(NCCNC(=O)c1c(F)cc(OC2CCC(C(=O)O)CC2)cc1F)c1ccc(C(F)(F)F)cc1. The minimum Gasteiger partial charge on any atom is -0.490 e. The number of alkyl halides is 3. The van der Waals surface area contributed by atoms with Gasteiger partial charge in [0.15, 0.2) is 0 Å². The van der Waals surface area contributed by atoms with E-state index in [-0.39, 0.29) is 24.4 Å². The third kappa shape index (κ3) is 6.92. The number of ether oxygens (including phenoxy) is 1. The summed E-state index contributed by atoms with van der Waals surface area (Å²) in [5, 5.41) is 13.7. The standard InChI is InChI=1S/C24H23F5N2O5/c25-18-11-17(36-16-7-3-14(4-8-16)23(34)35)12-19(26)20(18)22(33)31-10-9-30-21(32)13-1-5-15(6-2-13)24(27,28)29/h1-2,5-6,11-12,14,16H,3-4,7-10H2,(H,30,32)(H,31,33)(H,34,35). The largest absolute Gasteiger partial charge is 0.490 e. The lowest BCUT2D eigenvalue weighted by Crippen LogP contribution is -2.35. The molecule has 3 rings (SSSR count). The minimum atomic E-state index is -4.53. The average molecular weight is 514 g/mol. The van der Waals surface area contributed by atoms with Crippen LogP contribution in [0.1, 0.15) is 52.0 Å². The maximum absolute atomic E-state index is 14.5. The molecule has 0 aromatic heterocycles. The van der Waals surface area contributed by atoms with Crippen molar-refractivity contribution in [3.05, 3.63) is 64.7 Å². The van der Waals surface area contributed by atoms with Crippen LogP contribution in [0.25, 0.3) is 0 Å². The van der Waals surface area contributed by atoms with Crippen molar-refractivity contribution in [2.24, 2.45) is 5.92 Å². The van der Waals surface area contributed by atoms with Gasteiger partial charge >= 0.3 is 12.1 Å². The van der Waals surface area contributed by atoms with Crippen LogP contribution in [0.3, 0.4) is 0 Å². The van der Waals surface area contributed by atoms with Gasteiger partial charge in [-0.2, -0.15) is 13.2 Å². The van der Waals surface area contributed by atoms with Crippen LogP contribution in [0.15, 0.2) is 36.4 Å². The van der Waals surface area contributed by atoms with E-state index in [1.807, 2.05) is 0 Å². The Kier molecular flexibility index (Phi) is 8.49. The van der Waals surface area contributed by atoms with Crippen LogP contribution >= 0.6 is 0 Å². The highest BCUT2D eigenvalue weighted by Crippen LogP contribution is 2.30. The van der Waals surface area contributed by atoms with Gasteiger partial charge in [-0.05, 0) is 49.9 Å². The zero-order valence-electron chi connectivity index (χ0n) is 18.8. The summed E-state index contributed by atoms with van der Waals surface area (Å²) in [5.41, 5.74) is -1.78. The molecule has 0 spiro atoms. The first-order chi connectivity index (χ1) is 17.0. The molecule has 0 heterocycles. The van der Waals surface area contributed by atoms with E-state index in [9.17, 15) is 36.3 Å². The van der Waals surface area contributed by atoms with Gasteiger partial charge in [0.05, 0.1) is 17.6 Å². The van der Waals surface area contributed by atoms with Gasteiger partial charge in [-0.25, -0.2) is 8.78 Å². The van der Waals surface area contributed by atoms with Gasteiger partial charge in [-0.15, -0.1) is 0 Å². The first kappa shape index (κ1) is 26.9. The highest BCUT2D eigenvalue weighted by atomic mass is 19.4. The zero-order chi connectivity index (χ0) is 26.5. The lowest BCUT2D eigenvalue weighted by Gasteiger charge is -2.26. The highest BCUT2D eigenvalue weighted by molar-refractivity contribution is 5.95. The quantitative estimate of drug-likeness (QED) is 0.363. The number of amides is 2. The van der Waals surface area contributed by atoms with Gasteiger partial charge in [-0.1, -0.05) is 0 Å². The van der Waals surface area contributed by atoms with Gasteiger partial charge in [0.1, 0.15) is 22.9 Å². The molecule has 7 nitrogen and oxygen atoms in total. The summed E-state index contributed by atoms with van der Waals surface area (Å²) in [6, 6.07) is 5.26. The molecule has 12 heteroatoms. The molecule has 0 unspecified atom stereocenters. The van der Waals surface area contributed by atoms with E-state index >= 15 is 0 Å². The number of hydrogen-bond acceptors (Lipinski definition) is 4. The Hall–Kier alpha value is -3.70. The molecule has 0 saturated heterocycles. The number of aliphatic carboxylic acids is 1. The molecule has 2 aromatic rings. The molecular formula is C24H23F5N2O5. The van der Waals surface area contributed by atoms with Crippen LogP contribution < -0.4 is 15.4 Å². The fraction of sp³-hybridized carbons (Fsp3) is 0.375. The van der Waals surface area contributed by atoms with Crippen LogP contribution in [0.4, 0.5) is 22.0 Å². The van der Waals surface area contributed by atoms with Crippen LogP contribution in [0.5, 0.6) is 5.75 Å². The van der Waals surface area contributed by atoms with Crippen molar-refractivity contribution in [2.45, 2.75) is 38.0 Å². The summed E-state index contributed by atoms with van der Waals surface area (Å²) in [4.78, 5) is 35.3. The molecule has 0 radical (unpaired) electrons. The monoisotopic (exact) mass is 514 g/mol. The molecule has 2 aromatic carbocycles. The number of nitrogens with one attached hydrogen (secondary N) is 2. The van der Waals surface area contributed by atoms with Gasteiger partial charge in [0.25, 0.3) is 11.8 Å². The maximum atomic E-state index is 14.5. The predicted molar refractivity (Wildman–Crippen MR) is 116 cm³/mol. The molecular weight excluding hydrogens is 491 g/mol. The molecule has 0 aliphatic heterocycles. The molecule has 36 heavy (non-hydrogen) atoms. The molecule has 1 aliphatic carbocycles. The zero-order valence-corrected chi connectivity index (χ0v) is 18.8. The van der Waals surface area contributed by atoms with E-state index in [2.05, 4.69) is 10.6 Å². The number of carboxylic acids is 1. The Labute approximate surface area is 202 Å². The molecule has 2 amide bonds. The number of rotatable bonds is 8. The smallest absolute Gasteiger partial charge is 0.416 e. The highest BCUT2D eigenvalue weighted by Gasteiger charge is 2.30. The first-order valence-corrected chi connectivity index (χ1v) is 11.1. The second-order valence-electron chi connectivity index (χ2n) is 8.28. The van der Waals surface area contributed by atoms with E-state index in [4.69, 9.17) is 9.84 Å². The number of benzene rings is 2. The summed E-state index contributed by atoms with van der Waals surface area (Å²) >= 11 is 0. The first-order valence-electron chi connectivity index (χ1n) is 11.1. The Morgan fingerprint density at radius 2 is 1.42 bits per heavy atom. The van der Waals surface area contributed by atoms with Gasteiger partial charge in [0, 0.05) is 30.8 Å². The molecule has 0 atom stereocenters. The van der Waals surface area contributed by atoms with Crippen molar-refractivity contribution < 1.29 is 46.2 Å². The molecule has 0 bridgehead atoms. The van der Waals surface area contributed by atoms with Crippen molar-refractivity contribution in [1.29, 1.82) is 0 Å². The molecule has 3 N–H and O–H groups in total. The summed E-state index contributed by atoms with van der Waals surface area (Å²) in [7, 11) is 0. The van der Waals surface area contributed by atoms with Crippen molar-refractivity contribution >= 4 is 17.8 Å². The van der Waals surface area contributed by atoms with Gasteiger partial charge < -0.3 is 20.5 Å². The summed E-state index contributed by atoms with van der Waals surface area (Å²) < 4.78 is 72.2. The Bertz CT molecular complexity index is 1090. The topological polar surface area (TPSA) is 105 Å². The van der Waals surface area contributed by atoms with E-state index < -0.39 is 58.7 Å². The molecule has 194 valence electrons. The fourth-order valence-electron chi connectivity index (χ4n) is 3.81. The lowest BCUT2D eigenvalue weighted by atomic mass is 9.87. The maximum Gasteiger partial charge on any atom is 0.416 e. The molecule has 1 fully saturated rings. The molecule has 1 aliphatic rings. The number of carbonyl (C=O) groups excluding carboxylic acids is 2. The Morgan fingerprint density at radius 3 is 1.92 bits per heavy atom. The Balaban J connectivity index is 1.48. The average Bonchev–Trinajstić information content (AvgIpc) is 2.81. The Morgan fingerprint density at radius 1 is 0.889 bits per heavy atom. The fourth-order valence-corrected chi connectivity index (χ4v) is 3.81. The van der Waals surface area contributed by atoms with Gasteiger partial charge in [0.2, 0.25) is 0 Å². The predicted octanol–water partition coefficient (Wildman–Crippen LogP) is 4.17. The normalized spacial score (nSPS) is 17.8. The summed E-state index contributed by atoms with van der Waals surface area (Å²) in [6.07, 6.45) is -3.31. The van der Waals surface area contributed by atoms with Crippen molar-refractivity contribution in [2.75, 3.05) is 13.1 Å².